The van der Waals surface area contributed by atoms with E-state index in [1.807, 2.05) is 13.3 Å². The molecule has 0 rings (SSSR count). The summed E-state index contributed by atoms with van der Waals surface area (Å²) in [6.45, 7) is 3.65. The van der Waals surface area contributed by atoms with Gasteiger partial charge < -0.3 is 1.43 Å². The molecule has 0 fully saturated rings. The third kappa shape index (κ3) is 41.4. The van der Waals surface area contributed by atoms with E-state index in [2.05, 4.69) is 0 Å². The van der Waals surface area contributed by atoms with E-state index in [-0.39, 0.29) is 22.5 Å². The molecule has 0 spiro atoms. The molecule has 0 amide bonds. The van der Waals surface area contributed by atoms with Gasteiger partial charge in [-0.2, -0.15) is 0 Å². The smallest absolute Gasteiger partial charge is 0.123 e. The molecule has 1 nitrogen and oxygen atoms in total. The topological polar surface area (TPSA) is 20.2 Å². The van der Waals surface area contributed by atoms with Gasteiger partial charge in [-0.1, -0.05) is 0 Å². The van der Waals surface area contributed by atoms with Crippen LogP contribution in [0.15, 0.2) is 0 Å². The second kappa shape index (κ2) is 5.08. The third-order valence-electron chi connectivity index (χ3n) is 0. The van der Waals surface area contributed by atoms with Crippen molar-refractivity contribution in [3.8, 4) is 0 Å². The fourth-order valence-corrected chi connectivity index (χ4v) is 0. The van der Waals surface area contributed by atoms with Gasteiger partial charge in [0, 0.05) is 21.1 Å². The molecule has 0 aliphatic rings. The number of rotatable bonds is 0. The number of hydrogen-bond donors (Lipinski definition) is 1. The van der Waals surface area contributed by atoms with Crippen LogP contribution in [0.5, 0.6) is 0 Å². The summed E-state index contributed by atoms with van der Waals surface area (Å²) < 4.78 is 0. The van der Waals surface area contributed by atoms with Crippen LogP contribution in [-0.4, -0.2) is 18.2 Å². The van der Waals surface area contributed by atoms with E-state index in [0.717, 1.165) is 0 Å². The van der Waals surface area contributed by atoms with Crippen LogP contribution in [0, 0.1) is 0 Å². The van der Waals surface area contributed by atoms with Crippen molar-refractivity contribution in [3.05, 3.63) is 0 Å². The fraction of sp³-hybridized carbons (Fsp3) is 1.00. The van der Waals surface area contributed by atoms with Crippen LogP contribution in [-0.2, 0) is 21.1 Å². The Morgan fingerprint density at radius 1 is 1.60 bits per heavy atom. The van der Waals surface area contributed by atoms with Gasteiger partial charge in [0.05, 0.1) is 13.3 Å². The van der Waals surface area contributed by atoms with Gasteiger partial charge in [0.15, 0.2) is 0 Å². The van der Waals surface area contributed by atoms with E-state index < -0.39 is 8.15 Å². The molecule has 3 heteroatoms. The van der Waals surface area contributed by atoms with Crippen LogP contribution >= 0.6 is 8.15 Å². The fourth-order valence-electron chi connectivity index (χ4n) is 0. The molecular weight excluding hydrogens is 266 g/mol. The Morgan fingerprint density at radius 3 is 1.60 bits per heavy atom. The van der Waals surface area contributed by atoms with Crippen molar-refractivity contribution in [1.29, 1.82) is 0 Å². The first-order chi connectivity index (χ1) is 1.73. The van der Waals surface area contributed by atoms with E-state index in [1.165, 1.54) is 0 Å². The monoisotopic (exact) mass is 275 g/mol. The van der Waals surface area contributed by atoms with E-state index in [4.69, 9.17) is 4.89 Å². The van der Waals surface area contributed by atoms with Gasteiger partial charge in [-0.15, -0.1) is 0 Å². The molecule has 0 heterocycles. The minimum Gasteiger partial charge on any atom is -1.00 e. The van der Waals surface area contributed by atoms with E-state index in [9.17, 15) is 0 Å². The standard InChI is InChI=1S/C2H7OP.Pt.H/c1-4(2)3;;/h3H,1-2H3;;/q;;-1/p+1. The summed E-state index contributed by atoms with van der Waals surface area (Å²) in [6, 6.07) is 0. The molecule has 0 saturated heterocycles. The normalized spacial score (nSPS) is 7.20. The van der Waals surface area contributed by atoms with Crippen molar-refractivity contribution in [2.75, 3.05) is 13.3 Å². The Balaban J connectivity index is -0.0000000450. The zero-order valence-corrected chi connectivity index (χ0v) is 6.54. The summed E-state index contributed by atoms with van der Waals surface area (Å²) in [6.07, 6.45) is 0. The predicted molar refractivity (Wildman–Crippen MR) is 23.5 cm³/mol. The molecule has 0 aliphatic carbocycles. The average Bonchev–Trinajstić information content (AvgIpc) is 0.811. The third-order valence-corrected chi connectivity index (χ3v) is 0. The summed E-state index contributed by atoms with van der Waals surface area (Å²) in [4.78, 5) is 8.16. The van der Waals surface area contributed by atoms with E-state index in [1.54, 1.807) is 0 Å². The predicted octanol–water partition coefficient (Wildman–Crippen LogP) is 0.477. The second-order valence-electron chi connectivity index (χ2n) is 0.947. The van der Waals surface area contributed by atoms with Gasteiger partial charge in [0.25, 0.3) is 0 Å². The van der Waals surface area contributed by atoms with Crippen LogP contribution in [0.25, 0.3) is 0 Å². The van der Waals surface area contributed by atoms with Gasteiger partial charge in [-0.3, -0.25) is 4.89 Å². The number of hydrogen-bond acceptors (Lipinski definition) is 1. The zero-order chi connectivity index (χ0) is 3.58. The van der Waals surface area contributed by atoms with Crippen molar-refractivity contribution in [1.82, 2.24) is 0 Å². The molecule has 1 N–H and O–H groups in total. The van der Waals surface area contributed by atoms with E-state index >= 15 is 0 Å². The maximum Gasteiger partial charge on any atom is 0.123 e. The first-order valence-corrected chi connectivity index (χ1v) is 3.67. The molecule has 0 aromatic heterocycles. The first kappa shape index (κ1) is 9.42. The molecule has 0 aromatic carbocycles. The van der Waals surface area contributed by atoms with Crippen LogP contribution < -0.4 is 0 Å². The Kier molecular flexibility index (Phi) is 9.57. The Bertz CT molecular complexity index is 18.3. The van der Waals surface area contributed by atoms with Crippen molar-refractivity contribution in [3.63, 3.8) is 0 Å². The summed E-state index contributed by atoms with van der Waals surface area (Å²) in [7, 11) is -0.880. The summed E-state index contributed by atoms with van der Waals surface area (Å²) in [5.41, 5.74) is 0. The van der Waals surface area contributed by atoms with Crippen LogP contribution in [0.4, 0.5) is 0 Å². The molecule has 0 bridgehead atoms. The largest absolute Gasteiger partial charge is 1.00 e. The molecule has 0 aromatic rings. The van der Waals surface area contributed by atoms with Crippen molar-refractivity contribution >= 4 is 8.15 Å². The van der Waals surface area contributed by atoms with Gasteiger partial charge >= 0.3 is 0 Å². The minimum atomic E-state index is -0.880. The summed E-state index contributed by atoms with van der Waals surface area (Å²) in [5, 5.41) is 0. The van der Waals surface area contributed by atoms with Crippen LogP contribution in [0.2, 0.25) is 0 Å². The van der Waals surface area contributed by atoms with Crippen LogP contribution in [0.1, 0.15) is 1.43 Å². The molecule has 0 unspecified atom stereocenters. The Hall–Kier alpha value is 1.08. The van der Waals surface area contributed by atoms with Gasteiger partial charge in [0.2, 0.25) is 0 Å². The van der Waals surface area contributed by atoms with Crippen molar-refractivity contribution in [2.24, 2.45) is 0 Å². The second-order valence-corrected chi connectivity index (χ2v) is 2.84. The van der Waals surface area contributed by atoms with Crippen molar-refractivity contribution < 1.29 is 27.4 Å². The molecule has 0 aliphatic heterocycles. The Labute approximate surface area is 49.4 Å². The molecule has 0 saturated carbocycles. The van der Waals surface area contributed by atoms with Crippen LogP contribution in [0.3, 0.4) is 0 Å². The molecule has 0 atom stereocenters. The summed E-state index contributed by atoms with van der Waals surface area (Å²) >= 11 is 0. The van der Waals surface area contributed by atoms with Gasteiger partial charge in [-0.05, 0) is 0 Å². The van der Waals surface area contributed by atoms with Crippen molar-refractivity contribution in [2.45, 2.75) is 0 Å². The van der Waals surface area contributed by atoms with Gasteiger partial charge in [-0.25, -0.2) is 0 Å². The average molecular weight is 275 g/mol. The first-order valence-electron chi connectivity index (χ1n) is 1.22. The molecule has 0 radical (unpaired) electrons. The minimum absolute atomic E-state index is 0. The molecular formula is C2H9OPPt. The maximum absolute atomic E-state index is 8.16. The molecule has 5 heavy (non-hydrogen) atoms. The SMILES string of the molecule is C[PH+](C)O.[H-].[Pt]. The summed E-state index contributed by atoms with van der Waals surface area (Å²) in [5.74, 6) is 0. The maximum atomic E-state index is 8.16. The van der Waals surface area contributed by atoms with Gasteiger partial charge in [0.1, 0.15) is 8.15 Å². The van der Waals surface area contributed by atoms with E-state index in [0.29, 0.717) is 0 Å². The Morgan fingerprint density at radius 2 is 1.60 bits per heavy atom. The zero-order valence-electron chi connectivity index (χ0n) is 4.26. The quantitative estimate of drug-likeness (QED) is 0.637. The molecule has 38 valence electrons.